The minimum atomic E-state index is -1.14. The average Bonchev–Trinajstić information content (AvgIpc) is 2.16. The molecule has 1 aromatic rings. The van der Waals surface area contributed by atoms with Crippen LogP contribution >= 0.6 is 11.6 Å². The van der Waals surface area contributed by atoms with Gasteiger partial charge in [0.25, 0.3) is 0 Å². The first-order valence-electron chi connectivity index (χ1n) is 5.76. The molecule has 2 N–H and O–H groups in total. The van der Waals surface area contributed by atoms with E-state index in [1.807, 2.05) is 24.3 Å². The van der Waals surface area contributed by atoms with Gasteiger partial charge in [-0.2, -0.15) is 0 Å². The van der Waals surface area contributed by atoms with E-state index in [4.69, 9.17) is 17.3 Å². The van der Waals surface area contributed by atoms with Crippen molar-refractivity contribution in [1.29, 1.82) is 0 Å². The molecule has 1 fully saturated rings. The second kappa shape index (κ2) is 4.72. The maximum absolute atomic E-state index is 14.5. The molecular weight excluding hydrogens is 225 g/mol. The van der Waals surface area contributed by atoms with Gasteiger partial charge in [0.05, 0.1) is 0 Å². The molecule has 0 amide bonds. The first-order chi connectivity index (χ1) is 7.57. The number of halogens is 2. The summed E-state index contributed by atoms with van der Waals surface area (Å²) in [4.78, 5) is 0. The van der Waals surface area contributed by atoms with Gasteiger partial charge in [-0.05, 0) is 43.4 Å². The van der Waals surface area contributed by atoms with E-state index in [1.54, 1.807) is 0 Å². The Labute approximate surface area is 101 Å². The molecule has 1 aromatic carbocycles. The number of hydrogen-bond donors (Lipinski definition) is 1. The van der Waals surface area contributed by atoms with Gasteiger partial charge < -0.3 is 5.73 Å². The van der Waals surface area contributed by atoms with Crippen LogP contribution in [0.5, 0.6) is 0 Å². The van der Waals surface area contributed by atoms with Crippen LogP contribution in [0.3, 0.4) is 0 Å². The van der Waals surface area contributed by atoms with Crippen molar-refractivity contribution < 1.29 is 4.39 Å². The molecule has 2 atom stereocenters. The highest BCUT2D eigenvalue weighted by Gasteiger charge is 2.35. The molecule has 1 saturated carbocycles. The van der Waals surface area contributed by atoms with Crippen LogP contribution in [0.25, 0.3) is 0 Å². The second-order valence-electron chi connectivity index (χ2n) is 4.81. The molecule has 2 unspecified atom stereocenters. The Morgan fingerprint density at radius 3 is 3.00 bits per heavy atom. The van der Waals surface area contributed by atoms with Crippen molar-refractivity contribution in [2.24, 2.45) is 5.73 Å². The van der Waals surface area contributed by atoms with Gasteiger partial charge >= 0.3 is 0 Å². The summed E-state index contributed by atoms with van der Waals surface area (Å²) >= 11 is 5.89. The third-order valence-corrected chi connectivity index (χ3v) is 3.47. The molecule has 88 valence electrons. The monoisotopic (exact) mass is 241 g/mol. The molecule has 1 aliphatic carbocycles. The van der Waals surface area contributed by atoms with Gasteiger partial charge in [0.2, 0.25) is 0 Å². The van der Waals surface area contributed by atoms with Crippen molar-refractivity contribution in [3.63, 3.8) is 0 Å². The van der Waals surface area contributed by atoms with Crippen LogP contribution in [0.15, 0.2) is 24.3 Å². The van der Waals surface area contributed by atoms with Crippen LogP contribution in [-0.2, 0) is 6.42 Å². The minimum absolute atomic E-state index is 0.0120. The van der Waals surface area contributed by atoms with E-state index in [9.17, 15) is 4.39 Å². The topological polar surface area (TPSA) is 26.0 Å². The third kappa shape index (κ3) is 2.96. The second-order valence-corrected chi connectivity index (χ2v) is 5.25. The van der Waals surface area contributed by atoms with Crippen LogP contribution < -0.4 is 5.73 Å². The Hall–Kier alpha value is -0.600. The average molecular weight is 242 g/mol. The number of hydrogen-bond acceptors (Lipinski definition) is 1. The van der Waals surface area contributed by atoms with E-state index in [-0.39, 0.29) is 6.04 Å². The lowest BCUT2D eigenvalue weighted by atomic mass is 9.80. The number of rotatable bonds is 2. The molecule has 2 rings (SSSR count). The Balaban J connectivity index is 2.08. The maximum Gasteiger partial charge on any atom is 0.116 e. The Bertz CT molecular complexity index is 369. The van der Waals surface area contributed by atoms with Gasteiger partial charge in [0, 0.05) is 17.5 Å². The summed E-state index contributed by atoms with van der Waals surface area (Å²) in [6.45, 7) is 0. The summed E-state index contributed by atoms with van der Waals surface area (Å²) in [6, 6.07) is 7.45. The van der Waals surface area contributed by atoms with Gasteiger partial charge in [0.15, 0.2) is 0 Å². The van der Waals surface area contributed by atoms with E-state index in [0.717, 1.165) is 18.4 Å². The molecule has 0 heterocycles. The van der Waals surface area contributed by atoms with Crippen LogP contribution in [0, 0.1) is 0 Å². The van der Waals surface area contributed by atoms with Gasteiger partial charge in [-0.15, -0.1) is 0 Å². The van der Waals surface area contributed by atoms with E-state index in [0.29, 0.717) is 24.3 Å². The summed E-state index contributed by atoms with van der Waals surface area (Å²) in [5, 5.41) is 0.668. The summed E-state index contributed by atoms with van der Waals surface area (Å²) in [6.07, 6.45) is 3.35. The quantitative estimate of drug-likeness (QED) is 0.843. The van der Waals surface area contributed by atoms with E-state index >= 15 is 0 Å². The highest BCUT2D eigenvalue weighted by atomic mass is 35.5. The molecular formula is C13H17ClFN. The van der Waals surface area contributed by atoms with E-state index in [1.165, 1.54) is 0 Å². The Morgan fingerprint density at radius 2 is 2.31 bits per heavy atom. The van der Waals surface area contributed by atoms with Gasteiger partial charge in [-0.25, -0.2) is 4.39 Å². The standard InChI is InChI=1S/C13H17ClFN/c14-11-4-1-3-10(7-11)8-13(15)6-2-5-12(16)9-13/h1,3-4,7,12H,2,5-6,8-9,16H2. The first-order valence-corrected chi connectivity index (χ1v) is 6.14. The molecule has 1 aliphatic rings. The van der Waals surface area contributed by atoms with E-state index < -0.39 is 5.67 Å². The molecule has 0 aliphatic heterocycles. The van der Waals surface area contributed by atoms with E-state index in [2.05, 4.69) is 0 Å². The Kier molecular flexibility index (Phi) is 3.50. The fourth-order valence-corrected chi connectivity index (χ4v) is 2.74. The van der Waals surface area contributed by atoms with Crippen LogP contribution in [0.1, 0.15) is 31.2 Å². The lowest BCUT2D eigenvalue weighted by molar-refractivity contribution is 0.0965. The summed E-state index contributed by atoms with van der Waals surface area (Å²) in [7, 11) is 0. The van der Waals surface area contributed by atoms with Crippen molar-refractivity contribution >= 4 is 11.6 Å². The molecule has 3 heteroatoms. The number of alkyl halides is 1. The zero-order chi connectivity index (χ0) is 11.6. The largest absolute Gasteiger partial charge is 0.328 e. The van der Waals surface area contributed by atoms with Crippen molar-refractivity contribution in [3.05, 3.63) is 34.9 Å². The number of benzene rings is 1. The lowest BCUT2D eigenvalue weighted by Gasteiger charge is -2.33. The zero-order valence-electron chi connectivity index (χ0n) is 9.26. The SMILES string of the molecule is NC1CCCC(F)(Cc2cccc(Cl)c2)C1. The summed E-state index contributed by atoms with van der Waals surface area (Å²) in [5.41, 5.74) is 5.65. The zero-order valence-corrected chi connectivity index (χ0v) is 10.0. The maximum atomic E-state index is 14.5. The van der Waals surface area contributed by atoms with Crippen molar-refractivity contribution in [1.82, 2.24) is 0 Å². The third-order valence-electron chi connectivity index (χ3n) is 3.24. The highest BCUT2D eigenvalue weighted by molar-refractivity contribution is 6.30. The predicted octanol–water partition coefficient (Wildman–Crippen LogP) is 3.49. The van der Waals surface area contributed by atoms with Crippen molar-refractivity contribution in [2.45, 2.75) is 43.8 Å². The molecule has 0 radical (unpaired) electrons. The predicted molar refractivity (Wildman–Crippen MR) is 65.4 cm³/mol. The molecule has 1 nitrogen and oxygen atoms in total. The van der Waals surface area contributed by atoms with Crippen molar-refractivity contribution in [2.75, 3.05) is 0 Å². The molecule has 0 spiro atoms. The van der Waals surface area contributed by atoms with Crippen LogP contribution in [-0.4, -0.2) is 11.7 Å². The minimum Gasteiger partial charge on any atom is -0.328 e. The highest BCUT2D eigenvalue weighted by Crippen LogP contribution is 2.34. The molecule has 0 bridgehead atoms. The molecule has 16 heavy (non-hydrogen) atoms. The summed E-state index contributed by atoms with van der Waals surface area (Å²) < 4.78 is 14.5. The summed E-state index contributed by atoms with van der Waals surface area (Å²) in [5.74, 6) is 0. The van der Waals surface area contributed by atoms with Gasteiger partial charge in [-0.1, -0.05) is 23.7 Å². The smallest absolute Gasteiger partial charge is 0.116 e. The normalized spacial score (nSPS) is 30.3. The Morgan fingerprint density at radius 1 is 1.50 bits per heavy atom. The van der Waals surface area contributed by atoms with Crippen LogP contribution in [0.4, 0.5) is 4.39 Å². The lowest BCUT2D eigenvalue weighted by Crippen LogP contribution is -2.39. The number of nitrogens with two attached hydrogens (primary N) is 1. The molecule has 0 saturated heterocycles. The first kappa shape index (κ1) is 11.9. The van der Waals surface area contributed by atoms with Crippen molar-refractivity contribution in [3.8, 4) is 0 Å². The fourth-order valence-electron chi connectivity index (χ4n) is 2.53. The fraction of sp³-hybridized carbons (Fsp3) is 0.538. The molecule has 0 aromatic heterocycles. The van der Waals surface area contributed by atoms with Crippen LogP contribution in [0.2, 0.25) is 5.02 Å². The van der Waals surface area contributed by atoms with Gasteiger partial charge in [-0.3, -0.25) is 0 Å². The van der Waals surface area contributed by atoms with Gasteiger partial charge in [0.1, 0.15) is 5.67 Å².